The van der Waals surface area contributed by atoms with Gasteiger partial charge in [-0.05, 0) is 103 Å². The second kappa shape index (κ2) is 7.09. The highest BCUT2D eigenvalue weighted by Crippen LogP contribution is 2.78. The van der Waals surface area contributed by atoms with Crippen molar-refractivity contribution in [3.63, 3.8) is 0 Å². The van der Waals surface area contributed by atoms with E-state index in [2.05, 4.69) is 48.5 Å². The lowest BCUT2D eigenvalue weighted by Crippen LogP contribution is -2.73. The Morgan fingerprint density at radius 2 is 1.52 bits per heavy atom. The Morgan fingerprint density at radius 3 is 2.18 bits per heavy atom. The van der Waals surface area contributed by atoms with Gasteiger partial charge in [-0.2, -0.15) is 0 Å². The standard InChI is InChI=1S/C30H50O3/c1-19-20(32)8-9-21-27(19,5)11-10-22-28(21,6)14-15-29(7)23-16-25(2,3)12-13-26(23,4)17-24(33)30(22,29)18-31/h19,21-24,31,33H,8-18H2,1-7H3/t19-,21+,22-,23+,24-,26+,27+,28-,29-,30-/m0/s1. The summed E-state index contributed by atoms with van der Waals surface area (Å²) in [5, 5.41) is 23.4. The lowest BCUT2D eigenvalue weighted by Gasteiger charge is -2.76. The molecule has 5 fully saturated rings. The fraction of sp³-hybridized carbons (Fsp3) is 0.967. The average molecular weight is 459 g/mol. The normalized spacial score (nSPS) is 58.0. The molecule has 0 bridgehead atoms. The highest BCUT2D eigenvalue weighted by atomic mass is 16.3. The highest BCUT2D eigenvalue weighted by Gasteiger charge is 2.74. The summed E-state index contributed by atoms with van der Waals surface area (Å²) in [7, 11) is 0. The molecule has 0 saturated heterocycles. The van der Waals surface area contributed by atoms with Gasteiger partial charge in [0.05, 0.1) is 12.7 Å². The van der Waals surface area contributed by atoms with Crippen LogP contribution in [0.4, 0.5) is 0 Å². The first kappa shape index (κ1) is 24.3. The monoisotopic (exact) mass is 458 g/mol. The molecule has 188 valence electrons. The van der Waals surface area contributed by atoms with Gasteiger partial charge in [-0.15, -0.1) is 0 Å². The summed E-state index contributed by atoms with van der Waals surface area (Å²) in [5.74, 6) is 1.97. The molecule has 5 saturated carbocycles. The smallest absolute Gasteiger partial charge is 0.136 e. The molecule has 10 atom stereocenters. The van der Waals surface area contributed by atoms with Crippen LogP contribution in [0.5, 0.6) is 0 Å². The molecular weight excluding hydrogens is 408 g/mol. The third-order valence-electron chi connectivity index (χ3n) is 13.6. The van der Waals surface area contributed by atoms with Crippen molar-refractivity contribution in [2.24, 2.45) is 56.2 Å². The maximum atomic E-state index is 12.7. The Balaban J connectivity index is 1.62. The Bertz CT molecular complexity index is 834. The number of Topliss-reactive ketones (excluding diaryl/α,β-unsaturated/α-hetero) is 1. The molecule has 0 unspecified atom stereocenters. The van der Waals surface area contributed by atoms with Crippen LogP contribution in [0.25, 0.3) is 0 Å². The van der Waals surface area contributed by atoms with E-state index in [0.717, 1.165) is 32.1 Å². The molecule has 0 aromatic heterocycles. The van der Waals surface area contributed by atoms with E-state index in [0.29, 0.717) is 35.4 Å². The number of ketones is 1. The maximum Gasteiger partial charge on any atom is 0.136 e. The number of hydrogen-bond donors (Lipinski definition) is 2. The van der Waals surface area contributed by atoms with Gasteiger partial charge in [0.15, 0.2) is 0 Å². The first-order valence-corrected chi connectivity index (χ1v) is 14.0. The maximum absolute atomic E-state index is 12.7. The second-order valence-electron chi connectivity index (χ2n) is 15.3. The zero-order chi connectivity index (χ0) is 24.2. The number of rotatable bonds is 1. The van der Waals surface area contributed by atoms with Crippen LogP contribution in [0, 0.1) is 56.2 Å². The largest absolute Gasteiger partial charge is 0.396 e. The summed E-state index contributed by atoms with van der Waals surface area (Å²) in [4.78, 5) is 12.7. The van der Waals surface area contributed by atoms with Gasteiger partial charge >= 0.3 is 0 Å². The van der Waals surface area contributed by atoms with E-state index < -0.39 is 11.5 Å². The number of aliphatic hydroxyl groups is 2. The van der Waals surface area contributed by atoms with E-state index in [1.165, 1.54) is 25.7 Å². The summed E-state index contributed by atoms with van der Waals surface area (Å²) in [5.41, 5.74) is 0.186. The molecule has 0 aromatic carbocycles. The molecule has 5 aliphatic rings. The van der Waals surface area contributed by atoms with Crippen molar-refractivity contribution >= 4 is 5.78 Å². The number of hydrogen-bond acceptors (Lipinski definition) is 3. The molecule has 5 aliphatic carbocycles. The van der Waals surface area contributed by atoms with Crippen molar-refractivity contribution in [3.05, 3.63) is 0 Å². The molecule has 5 rings (SSSR count). The van der Waals surface area contributed by atoms with Gasteiger partial charge in [-0.3, -0.25) is 4.79 Å². The van der Waals surface area contributed by atoms with Crippen LogP contribution in [0.1, 0.15) is 113 Å². The van der Waals surface area contributed by atoms with Crippen molar-refractivity contribution < 1.29 is 15.0 Å². The predicted molar refractivity (Wildman–Crippen MR) is 133 cm³/mol. The van der Waals surface area contributed by atoms with Crippen LogP contribution in [0.2, 0.25) is 0 Å². The van der Waals surface area contributed by atoms with E-state index in [-0.39, 0.29) is 34.2 Å². The molecule has 0 amide bonds. The van der Waals surface area contributed by atoms with Crippen molar-refractivity contribution in [2.45, 2.75) is 119 Å². The van der Waals surface area contributed by atoms with Gasteiger partial charge in [0.25, 0.3) is 0 Å². The molecule has 0 aromatic rings. The third kappa shape index (κ3) is 2.85. The van der Waals surface area contributed by atoms with Crippen LogP contribution < -0.4 is 0 Å². The number of aliphatic hydroxyl groups excluding tert-OH is 2. The molecule has 2 N–H and O–H groups in total. The number of carbonyl (C=O) groups excluding carboxylic acids is 1. The molecule has 0 heterocycles. The van der Waals surface area contributed by atoms with Gasteiger partial charge < -0.3 is 10.2 Å². The van der Waals surface area contributed by atoms with Crippen LogP contribution >= 0.6 is 0 Å². The molecular formula is C30H50O3. The number of fused-ring (bicyclic) bond motifs is 7. The minimum Gasteiger partial charge on any atom is -0.396 e. The minimum atomic E-state index is -0.438. The fourth-order valence-corrected chi connectivity index (χ4v) is 11.4. The van der Waals surface area contributed by atoms with Gasteiger partial charge in [0.1, 0.15) is 5.78 Å². The Morgan fingerprint density at radius 1 is 0.818 bits per heavy atom. The van der Waals surface area contributed by atoms with Crippen molar-refractivity contribution in [2.75, 3.05) is 6.61 Å². The van der Waals surface area contributed by atoms with E-state index >= 15 is 0 Å². The lowest BCUT2D eigenvalue weighted by atomic mass is 9.29. The quantitative estimate of drug-likeness (QED) is 0.478. The van der Waals surface area contributed by atoms with E-state index in [4.69, 9.17) is 0 Å². The predicted octanol–water partition coefficient (Wildman–Crippen LogP) is 6.40. The van der Waals surface area contributed by atoms with Crippen LogP contribution in [0.3, 0.4) is 0 Å². The number of carbonyl (C=O) groups is 1. The van der Waals surface area contributed by atoms with Crippen molar-refractivity contribution in [3.8, 4) is 0 Å². The van der Waals surface area contributed by atoms with Crippen LogP contribution in [-0.4, -0.2) is 28.7 Å². The average Bonchev–Trinajstić information content (AvgIpc) is 2.73. The van der Waals surface area contributed by atoms with Crippen LogP contribution in [0.15, 0.2) is 0 Å². The molecule has 33 heavy (non-hydrogen) atoms. The van der Waals surface area contributed by atoms with Crippen molar-refractivity contribution in [1.29, 1.82) is 0 Å². The summed E-state index contributed by atoms with van der Waals surface area (Å²) in [6.45, 7) is 16.9. The zero-order valence-electron chi connectivity index (χ0n) is 22.5. The minimum absolute atomic E-state index is 0.0418. The van der Waals surface area contributed by atoms with Gasteiger partial charge in [-0.25, -0.2) is 0 Å². The SMILES string of the molecule is C[C@H]1C(=O)CC[C@@H]2[C@]1(C)CC[C@H]1[C@@]2(C)CC[C@@]2(C)[C@@H]3CC(C)(C)CC[C@]3(C)C[C@H](O)[C@]12CO. The van der Waals surface area contributed by atoms with Gasteiger partial charge in [0.2, 0.25) is 0 Å². The van der Waals surface area contributed by atoms with Gasteiger partial charge in [-0.1, -0.05) is 48.5 Å². The molecule has 0 spiro atoms. The molecule has 3 heteroatoms. The highest BCUT2D eigenvalue weighted by molar-refractivity contribution is 5.82. The third-order valence-corrected chi connectivity index (χ3v) is 13.6. The second-order valence-corrected chi connectivity index (χ2v) is 15.3. The Kier molecular flexibility index (Phi) is 5.22. The topological polar surface area (TPSA) is 57.5 Å². The molecule has 0 radical (unpaired) electrons. The molecule has 0 aliphatic heterocycles. The Hall–Kier alpha value is -0.410. The Labute approximate surface area is 202 Å². The van der Waals surface area contributed by atoms with Crippen molar-refractivity contribution in [1.82, 2.24) is 0 Å². The van der Waals surface area contributed by atoms with E-state index in [9.17, 15) is 15.0 Å². The first-order valence-electron chi connectivity index (χ1n) is 14.0. The summed E-state index contributed by atoms with van der Waals surface area (Å²) in [6.07, 6.45) is 10.1. The fourth-order valence-electron chi connectivity index (χ4n) is 11.4. The summed E-state index contributed by atoms with van der Waals surface area (Å²) >= 11 is 0. The van der Waals surface area contributed by atoms with Gasteiger partial charge in [0, 0.05) is 17.8 Å². The molecule has 3 nitrogen and oxygen atoms in total. The van der Waals surface area contributed by atoms with Crippen LogP contribution in [-0.2, 0) is 4.79 Å². The van der Waals surface area contributed by atoms with E-state index in [1.54, 1.807) is 0 Å². The zero-order valence-corrected chi connectivity index (χ0v) is 22.5. The van der Waals surface area contributed by atoms with E-state index in [1.807, 2.05) is 0 Å². The first-order chi connectivity index (χ1) is 15.2. The lowest BCUT2D eigenvalue weighted by molar-refractivity contribution is -0.307. The summed E-state index contributed by atoms with van der Waals surface area (Å²) in [6, 6.07) is 0. The summed E-state index contributed by atoms with van der Waals surface area (Å²) < 4.78 is 0.